The number of aliphatic carboxylic acids is 2. The lowest BCUT2D eigenvalue weighted by atomic mass is 9.88. The minimum atomic E-state index is -3.43. The fourth-order valence-corrected chi connectivity index (χ4v) is 11.0. The predicted octanol–water partition coefficient (Wildman–Crippen LogP) is -15.3. The number of carbonyl (C=O) groups excluding carboxylic acids is 3. The van der Waals surface area contributed by atoms with Crippen LogP contribution in [0, 0.1) is 0 Å². The highest BCUT2D eigenvalue weighted by molar-refractivity contribution is 5.77. The lowest BCUT2D eigenvalue weighted by Crippen LogP contribution is -2.71. The van der Waals surface area contributed by atoms with Crippen molar-refractivity contribution in [1.82, 2.24) is 16.0 Å². The van der Waals surface area contributed by atoms with E-state index in [1.54, 1.807) is 0 Å². The Labute approximate surface area is 496 Å². The third-order valence-electron chi connectivity index (χ3n) is 15.6. The molecule has 6 heterocycles. The number of aliphatic hydroxyl groups excluding tert-OH is 19. The topological polar surface area (TPSA) is 648 Å². The molecule has 0 aliphatic carbocycles. The van der Waals surface area contributed by atoms with E-state index >= 15 is 0 Å². The summed E-state index contributed by atoms with van der Waals surface area (Å²) in [5, 5.41) is 234. The van der Waals surface area contributed by atoms with Gasteiger partial charge in [0.2, 0.25) is 17.7 Å². The normalized spacial score (nSPS) is 44.6. The molecule has 6 aliphatic heterocycles. The van der Waals surface area contributed by atoms with Crippen LogP contribution >= 0.6 is 0 Å². The standard InChI is InChI=1S/C48H79N3O37/c1-12(57)49-23-15(60)4-47(45(74)75,86-37(23)26(64)17(62)6-52)78-11-22-29(67)40(88-48(46(76)77)5-16(61)24(50-13(2)58)38(87-48)27(65)18(63)7-53)34(72)44(82-22)83-35-21(10-56)81-42(25(30(35)68)51-14(3)59)85-39-28(66)19(8-54)80-43(33(39)71)84-36-20(9-55)79-41(73)32(70)31(36)69/h15-44,52-56,60-73H,4-11H2,1-3H3,(H,49,57)(H,50,58)(H,51,59)(H,74,75)(H,76,77)/t15-,16-,17+,18+,19+,20+,21+,22+,23+,24+,25+,26+,27+,28-,29-,30+,31+,32+,33+,34+,35+,36+,37+,38+,39-,40-,41?,42-,43-,44-,47+,48-/m0/s1. The van der Waals surface area contributed by atoms with Gasteiger partial charge in [0, 0.05) is 33.6 Å². The molecule has 0 bridgehead atoms. The van der Waals surface area contributed by atoms with Crippen LogP contribution in [-0.2, 0) is 76.1 Å². The van der Waals surface area contributed by atoms with E-state index in [4.69, 9.17) is 52.1 Å². The van der Waals surface area contributed by atoms with Gasteiger partial charge in [0.1, 0.15) is 134 Å². The first-order valence-corrected chi connectivity index (χ1v) is 27.4. The number of carboxylic acids is 2. The van der Waals surface area contributed by atoms with Crippen molar-refractivity contribution in [2.45, 2.75) is 229 Å². The highest BCUT2D eigenvalue weighted by atomic mass is 16.8. The van der Waals surface area contributed by atoms with Crippen LogP contribution in [0.2, 0.25) is 0 Å². The summed E-state index contributed by atoms with van der Waals surface area (Å²) >= 11 is 0. The van der Waals surface area contributed by atoms with Crippen LogP contribution in [0.4, 0.5) is 0 Å². The fourth-order valence-electron chi connectivity index (χ4n) is 11.0. The van der Waals surface area contributed by atoms with Gasteiger partial charge in [-0.3, -0.25) is 14.4 Å². The highest BCUT2D eigenvalue weighted by Crippen LogP contribution is 2.41. The number of carbonyl (C=O) groups is 5. The van der Waals surface area contributed by atoms with E-state index in [1.165, 1.54) is 0 Å². The lowest BCUT2D eigenvalue weighted by Gasteiger charge is -2.51. The van der Waals surface area contributed by atoms with Gasteiger partial charge in [-0.05, 0) is 0 Å². The second-order valence-corrected chi connectivity index (χ2v) is 21.9. The van der Waals surface area contributed by atoms with Crippen LogP contribution in [-0.4, -0.2) is 372 Å². The molecular weight excluding hydrogens is 1210 g/mol. The summed E-state index contributed by atoms with van der Waals surface area (Å²) in [5.41, 5.74) is 0. The molecule has 0 aromatic heterocycles. The second-order valence-electron chi connectivity index (χ2n) is 21.9. The zero-order valence-corrected chi connectivity index (χ0v) is 46.9. The number of hydrogen-bond donors (Lipinski definition) is 24. The number of carboxylic acid groups (broad SMARTS) is 2. The van der Waals surface area contributed by atoms with Crippen LogP contribution in [0.5, 0.6) is 0 Å². The van der Waals surface area contributed by atoms with Crippen LogP contribution in [0.25, 0.3) is 0 Å². The molecule has 0 aromatic rings. The van der Waals surface area contributed by atoms with Gasteiger partial charge in [-0.25, -0.2) is 9.59 Å². The van der Waals surface area contributed by atoms with Gasteiger partial charge in [0.25, 0.3) is 11.6 Å². The summed E-state index contributed by atoms with van der Waals surface area (Å²) in [7, 11) is 0. The average Bonchev–Trinajstić information content (AvgIpc) is 0.901. The van der Waals surface area contributed by atoms with Gasteiger partial charge in [0.15, 0.2) is 25.2 Å². The Morgan fingerprint density at radius 2 is 0.864 bits per heavy atom. The van der Waals surface area contributed by atoms with E-state index in [1.807, 2.05) is 0 Å². The van der Waals surface area contributed by atoms with Gasteiger partial charge in [-0.1, -0.05) is 0 Å². The molecule has 88 heavy (non-hydrogen) atoms. The molecule has 24 N–H and O–H groups in total. The Morgan fingerprint density at radius 1 is 0.466 bits per heavy atom. The first kappa shape index (κ1) is 73.2. The number of rotatable bonds is 25. The molecule has 0 spiro atoms. The Hall–Kier alpha value is -3.85. The number of nitrogens with one attached hydrogen (secondary N) is 3. The first-order chi connectivity index (χ1) is 41.2. The molecule has 0 saturated carbocycles. The monoisotopic (exact) mass is 1290 g/mol. The van der Waals surface area contributed by atoms with Crippen molar-refractivity contribution >= 4 is 29.7 Å². The van der Waals surface area contributed by atoms with Crippen LogP contribution < -0.4 is 16.0 Å². The maximum Gasteiger partial charge on any atom is 0.364 e. The van der Waals surface area contributed by atoms with Crippen molar-refractivity contribution in [2.24, 2.45) is 0 Å². The Balaban J connectivity index is 1.37. The van der Waals surface area contributed by atoms with Crippen molar-refractivity contribution in [1.29, 1.82) is 0 Å². The zero-order valence-electron chi connectivity index (χ0n) is 46.9. The first-order valence-electron chi connectivity index (χ1n) is 27.4. The molecule has 6 fully saturated rings. The van der Waals surface area contributed by atoms with Gasteiger partial charge in [-0.2, -0.15) is 0 Å². The second kappa shape index (κ2) is 30.7. The van der Waals surface area contributed by atoms with E-state index in [9.17, 15) is 131 Å². The maximum atomic E-state index is 13.4. The van der Waals surface area contributed by atoms with Crippen LogP contribution in [0.1, 0.15) is 33.6 Å². The third kappa shape index (κ3) is 15.8. The Morgan fingerprint density at radius 3 is 1.33 bits per heavy atom. The van der Waals surface area contributed by atoms with Gasteiger partial charge < -0.3 is 175 Å². The van der Waals surface area contributed by atoms with E-state index < -0.39 is 277 Å². The van der Waals surface area contributed by atoms with Gasteiger partial charge in [-0.15, -0.1) is 0 Å². The Kier molecular flexibility index (Phi) is 25.6. The van der Waals surface area contributed by atoms with Crippen molar-refractivity contribution < 1.29 is 183 Å². The maximum absolute atomic E-state index is 13.4. The molecule has 6 aliphatic rings. The molecule has 32 atom stereocenters. The summed E-state index contributed by atoms with van der Waals surface area (Å²) in [6.07, 6.45) is -61.4. The molecular formula is C48H79N3O37. The molecule has 6 rings (SSSR count). The number of aliphatic hydroxyl groups is 19. The molecule has 1 unspecified atom stereocenters. The smallest absolute Gasteiger partial charge is 0.364 e. The predicted molar refractivity (Wildman–Crippen MR) is 268 cm³/mol. The van der Waals surface area contributed by atoms with E-state index in [0.29, 0.717) is 0 Å². The van der Waals surface area contributed by atoms with Crippen molar-refractivity contribution in [3.63, 3.8) is 0 Å². The van der Waals surface area contributed by atoms with E-state index in [-0.39, 0.29) is 0 Å². The van der Waals surface area contributed by atoms with Gasteiger partial charge in [0.05, 0.1) is 63.9 Å². The van der Waals surface area contributed by atoms with Crippen molar-refractivity contribution in [2.75, 3.05) is 39.6 Å². The molecule has 40 heteroatoms. The summed E-state index contributed by atoms with van der Waals surface area (Å²) < 4.78 is 62.8. The lowest BCUT2D eigenvalue weighted by molar-refractivity contribution is -0.393. The fraction of sp³-hybridized carbons (Fsp3) is 0.896. The summed E-state index contributed by atoms with van der Waals surface area (Å²) in [4.78, 5) is 63.9. The highest BCUT2D eigenvalue weighted by Gasteiger charge is 2.63. The summed E-state index contributed by atoms with van der Waals surface area (Å²) in [6, 6.07) is -5.55. The Bertz CT molecular complexity index is 2320. The molecule has 6 saturated heterocycles. The molecule has 508 valence electrons. The van der Waals surface area contributed by atoms with Crippen molar-refractivity contribution in [3.8, 4) is 0 Å². The van der Waals surface area contributed by atoms with Crippen molar-refractivity contribution in [3.05, 3.63) is 0 Å². The van der Waals surface area contributed by atoms with Gasteiger partial charge >= 0.3 is 11.9 Å². The number of hydrogen-bond acceptors (Lipinski definition) is 35. The third-order valence-corrected chi connectivity index (χ3v) is 15.6. The summed E-state index contributed by atoms with van der Waals surface area (Å²) in [6.45, 7) is -4.33. The number of amides is 3. The largest absolute Gasteiger partial charge is 0.477 e. The molecule has 0 radical (unpaired) electrons. The van der Waals surface area contributed by atoms with E-state index in [0.717, 1.165) is 20.8 Å². The molecule has 40 nitrogen and oxygen atoms in total. The minimum Gasteiger partial charge on any atom is -0.477 e. The molecule has 0 aromatic carbocycles. The van der Waals surface area contributed by atoms with E-state index in [2.05, 4.69) is 16.0 Å². The van der Waals surface area contributed by atoms with Crippen LogP contribution in [0.3, 0.4) is 0 Å². The minimum absolute atomic E-state index is 0.876. The quantitative estimate of drug-likeness (QED) is 0.0404. The van der Waals surface area contributed by atoms with Crippen LogP contribution in [0.15, 0.2) is 0 Å². The number of ether oxygens (including phenoxy) is 11. The summed E-state index contributed by atoms with van der Waals surface area (Å²) in [5.74, 6) is -13.8. The SMILES string of the molecule is CC(=O)N[C@H]1[C@H](O[C@H]2[C@@H](O)[C@@H](CO)O[C@@H](O[C@H]3[C@H](O)[C@@H](O)C(O)O[C@@H]3CO)[C@@H]2O)O[C@H](CO)[C@@H](O[C@@H]2O[C@H](CO[C@]3(C(=O)O)C[C@H](O)[C@@H](NC(C)=O)[C@H]([C@H](O)[C@H](O)CO)O3)[C@H](O)[C@H](O[C@]3(C(=O)O)C[C@H](O)[C@@H](NC(C)=O)[C@H]([C@H](O)[C@H](O)CO)O3)[C@H]2O)[C@@H]1O. The average molecular weight is 1290 g/mol. The zero-order chi connectivity index (χ0) is 65.8. The molecule has 3 amide bonds.